The minimum atomic E-state index is -4.49. The van der Waals surface area contributed by atoms with Gasteiger partial charge in [-0.3, -0.25) is 4.79 Å². The van der Waals surface area contributed by atoms with Crippen LogP contribution in [0.4, 0.5) is 19.0 Å². The van der Waals surface area contributed by atoms with Gasteiger partial charge < -0.3 is 10.6 Å². The van der Waals surface area contributed by atoms with Gasteiger partial charge in [0.15, 0.2) is 11.7 Å². The van der Waals surface area contributed by atoms with E-state index in [1.807, 2.05) is 6.07 Å². The lowest BCUT2D eigenvalue weighted by atomic mass is 9.97. The van der Waals surface area contributed by atoms with E-state index in [9.17, 15) is 18.0 Å². The lowest BCUT2D eigenvalue weighted by Gasteiger charge is -2.33. The molecule has 1 aliphatic rings. The molecule has 0 aliphatic carbocycles. The Kier molecular flexibility index (Phi) is 5.00. The molecule has 2 heterocycles. The molecule has 1 amide bonds. The third kappa shape index (κ3) is 4.12. The zero-order valence-corrected chi connectivity index (χ0v) is 16.6. The molecular weight excluding hydrogens is 425 g/mol. The Hall–Kier alpha value is -2.03. The molecule has 2 atom stereocenters. The van der Waals surface area contributed by atoms with Crippen LogP contribution in [0.15, 0.2) is 34.8 Å². The summed E-state index contributed by atoms with van der Waals surface area (Å²) in [4.78, 5) is 12.5. The summed E-state index contributed by atoms with van der Waals surface area (Å²) in [6, 6.07) is 6.55. The number of anilines is 1. The third-order valence-electron chi connectivity index (χ3n) is 4.20. The fourth-order valence-corrected chi connectivity index (χ4v) is 3.59. The van der Waals surface area contributed by atoms with Crippen LogP contribution in [0.5, 0.6) is 0 Å². The molecule has 2 N–H and O–H groups in total. The van der Waals surface area contributed by atoms with Crippen LogP contribution < -0.4 is 10.6 Å². The summed E-state index contributed by atoms with van der Waals surface area (Å²) < 4.78 is 42.2. The molecule has 5 nitrogen and oxygen atoms in total. The van der Waals surface area contributed by atoms with Crippen molar-refractivity contribution in [2.24, 2.45) is 0 Å². The van der Waals surface area contributed by atoms with E-state index in [1.54, 1.807) is 45.0 Å². The highest BCUT2D eigenvalue weighted by Gasteiger charge is 2.47. The summed E-state index contributed by atoms with van der Waals surface area (Å²) in [5.41, 5.74) is 0.131. The van der Waals surface area contributed by atoms with Crippen LogP contribution in [0.3, 0.4) is 0 Å². The van der Waals surface area contributed by atoms with Crippen LogP contribution in [0.2, 0.25) is 0 Å². The third-order valence-corrected chi connectivity index (χ3v) is 4.95. The maximum Gasteiger partial charge on any atom is 0.410 e. The number of nitrogens with one attached hydrogen (secondary N) is 2. The molecule has 0 spiro atoms. The molecule has 1 aliphatic heterocycles. The van der Waals surface area contributed by atoms with Crippen molar-refractivity contribution in [3.63, 3.8) is 0 Å². The second-order valence-corrected chi connectivity index (χ2v) is 8.35. The second-order valence-electron chi connectivity index (χ2n) is 7.56. The number of halogens is 4. The fourth-order valence-electron chi connectivity index (χ4n) is 3.04. The zero-order valence-electron chi connectivity index (χ0n) is 15.1. The Morgan fingerprint density at radius 1 is 1.26 bits per heavy atom. The number of nitrogens with zero attached hydrogens (tertiary/aromatic N) is 2. The van der Waals surface area contributed by atoms with Gasteiger partial charge in [0.25, 0.3) is 5.91 Å². The van der Waals surface area contributed by atoms with Crippen LogP contribution in [0, 0.1) is 0 Å². The van der Waals surface area contributed by atoms with Crippen molar-refractivity contribution in [1.82, 2.24) is 15.1 Å². The van der Waals surface area contributed by atoms with Crippen molar-refractivity contribution < 1.29 is 18.0 Å². The Bertz CT molecular complexity index is 843. The minimum absolute atomic E-state index is 0.0737. The van der Waals surface area contributed by atoms with Gasteiger partial charge in [0.2, 0.25) is 0 Å². The average molecular weight is 445 g/mol. The summed E-state index contributed by atoms with van der Waals surface area (Å²) in [6.07, 6.45) is -4.71. The van der Waals surface area contributed by atoms with Crippen LogP contribution in [-0.4, -0.2) is 27.4 Å². The maximum atomic E-state index is 13.7. The molecule has 0 radical (unpaired) electrons. The molecule has 0 unspecified atom stereocenters. The molecule has 2 aromatic rings. The molecule has 0 fully saturated rings. The molecular formula is C18H20BrF3N4O. The fraction of sp³-hybridized carbons (Fsp3) is 0.444. The first-order valence-electron chi connectivity index (χ1n) is 8.46. The summed E-state index contributed by atoms with van der Waals surface area (Å²) >= 11 is 3.27. The molecule has 0 bridgehead atoms. The molecule has 3 rings (SSSR count). The number of carbonyl (C=O) groups is 1. The maximum absolute atomic E-state index is 13.7. The van der Waals surface area contributed by atoms with Crippen molar-refractivity contribution >= 4 is 27.7 Å². The van der Waals surface area contributed by atoms with E-state index >= 15 is 0 Å². The molecule has 146 valence electrons. The van der Waals surface area contributed by atoms with Gasteiger partial charge in [0, 0.05) is 12.0 Å². The summed E-state index contributed by atoms with van der Waals surface area (Å²) in [5, 5.41) is 9.81. The predicted octanol–water partition coefficient (Wildman–Crippen LogP) is 4.83. The van der Waals surface area contributed by atoms with Gasteiger partial charge >= 0.3 is 6.18 Å². The number of aromatic nitrogens is 2. The largest absolute Gasteiger partial charge is 0.410 e. The SMILES string of the molecule is CC(C)(C)NC(=O)c1nn2c(c1Br)N[C@H](c1ccccc1)C[C@H]2C(F)(F)F. The van der Waals surface area contributed by atoms with Crippen molar-refractivity contribution in [3.8, 4) is 0 Å². The monoisotopic (exact) mass is 444 g/mol. The summed E-state index contributed by atoms with van der Waals surface area (Å²) in [6.45, 7) is 5.37. The molecule has 9 heteroatoms. The van der Waals surface area contributed by atoms with E-state index < -0.39 is 29.7 Å². The number of hydrogen-bond donors (Lipinski definition) is 2. The Balaban J connectivity index is 2.03. The van der Waals surface area contributed by atoms with Gasteiger partial charge in [-0.1, -0.05) is 30.3 Å². The predicted molar refractivity (Wildman–Crippen MR) is 99.7 cm³/mol. The van der Waals surface area contributed by atoms with Gasteiger partial charge in [0.1, 0.15) is 5.82 Å². The van der Waals surface area contributed by atoms with Gasteiger partial charge in [-0.2, -0.15) is 18.3 Å². The highest BCUT2D eigenvalue weighted by Crippen LogP contribution is 2.46. The first kappa shape index (κ1) is 19.7. The van der Waals surface area contributed by atoms with E-state index in [2.05, 4.69) is 31.7 Å². The molecule has 0 saturated carbocycles. The second kappa shape index (κ2) is 6.85. The lowest BCUT2D eigenvalue weighted by Crippen LogP contribution is -2.41. The molecule has 0 saturated heterocycles. The van der Waals surface area contributed by atoms with Crippen molar-refractivity contribution in [2.75, 3.05) is 5.32 Å². The van der Waals surface area contributed by atoms with Crippen LogP contribution in [0.25, 0.3) is 0 Å². The first-order chi connectivity index (χ1) is 12.5. The van der Waals surface area contributed by atoms with Crippen LogP contribution in [-0.2, 0) is 0 Å². The lowest BCUT2D eigenvalue weighted by molar-refractivity contribution is -0.173. The van der Waals surface area contributed by atoms with Gasteiger partial charge in [-0.15, -0.1) is 0 Å². The van der Waals surface area contributed by atoms with Crippen LogP contribution >= 0.6 is 15.9 Å². The average Bonchev–Trinajstić information content (AvgIpc) is 2.89. The van der Waals surface area contributed by atoms with Gasteiger partial charge in [-0.25, -0.2) is 4.68 Å². The van der Waals surface area contributed by atoms with Gasteiger partial charge in [-0.05, 0) is 42.3 Å². The summed E-state index contributed by atoms with van der Waals surface area (Å²) in [7, 11) is 0. The Labute approximate surface area is 163 Å². The van der Waals surface area contributed by atoms with E-state index in [0.717, 1.165) is 10.2 Å². The normalized spacial score (nSPS) is 20.0. The van der Waals surface area contributed by atoms with E-state index in [-0.39, 0.29) is 22.4 Å². The number of carbonyl (C=O) groups excluding carboxylic acids is 1. The zero-order chi connectivity index (χ0) is 20.0. The summed E-state index contributed by atoms with van der Waals surface area (Å²) in [5.74, 6) is -0.383. The number of fused-ring (bicyclic) bond motifs is 1. The van der Waals surface area contributed by atoms with E-state index in [1.165, 1.54) is 0 Å². The minimum Gasteiger partial charge on any atom is -0.362 e. The Morgan fingerprint density at radius 3 is 2.44 bits per heavy atom. The van der Waals surface area contributed by atoms with Crippen molar-refractivity contribution in [2.45, 2.75) is 51.0 Å². The highest BCUT2D eigenvalue weighted by atomic mass is 79.9. The quantitative estimate of drug-likeness (QED) is 0.696. The van der Waals surface area contributed by atoms with Crippen LogP contribution in [0.1, 0.15) is 55.3 Å². The Morgan fingerprint density at radius 2 is 1.89 bits per heavy atom. The molecule has 27 heavy (non-hydrogen) atoms. The standard InChI is InChI=1S/C18H20BrF3N4O/c1-17(2,3)24-16(27)14-13(19)15-23-11(10-7-5-4-6-8-10)9-12(18(20,21)22)26(15)25-14/h4-8,11-12,23H,9H2,1-3H3,(H,24,27)/t11-,12-/m0/s1. The topological polar surface area (TPSA) is 59.0 Å². The van der Waals surface area contributed by atoms with Gasteiger partial charge in [0.05, 0.1) is 10.5 Å². The number of benzene rings is 1. The van der Waals surface area contributed by atoms with Crippen molar-refractivity contribution in [3.05, 3.63) is 46.1 Å². The smallest absolute Gasteiger partial charge is 0.362 e. The first-order valence-corrected chi connectivity index (χ1v) is 9.25. The number of alkyl halides is 3. The van der Waals surface area contributed by atoms with E-state index in [0.29, 0.717) is 0 Å². The molecule has 1 aromatic carbocycles. The van der Waals surface area contributed by atoms with Crippen molar-refractivity contribution in [1.29, 1.82) is 0 Å². The molecule has 1 aromatic heterocycles. The number of rotatable bonds is 2. The number of hydrogen-bond acceptors (Lipinski definition) is 3. The van der Waals surface area contributed by atoms with E-state index in [4.69, 9.17) is 0 Å². The highest BCUT2D eigenvalue weighted by molar-refractivity contribution is 9.10. The number of amides is 1.